The fourth-order valence-corrected chi connectivity index (χ4v) is 1.82. The summed E-state index contributed by atoms with van der Waals surface area (Å²) in [6, 6.07) is 0. The van der Waals surface area contributed by atoms with Crippen molar-refractivity contribution >= 4 is 59.4 Å². The van der Waals surface area contributed by atoms with Crippen molar-refractivity contribution in [2.24, 2.45) is 0 Å². The van der Waals surface area contributed by atoms with Gasteiger partial charge in [0, 0.05) is 5.33 Å². The highest BCUT2D eigenvalue weighted by molar-refractivity contribution is 9.24. The Labute approximate surface area is 73.4 Å². The van der Waals surface area contributed by atoms with Crippen molar-refractivity contribution < 1.29 is 0 Å². The third-order valence-electron chi connectivity index (χ3n) is 0.421. The molecule has 7 heavy (non-hydrogen) atoms. The van der Waals surface area contributed by atoms with Gasteiger partial charge >= 0.3 is 0 Å². The van der Waals surface area contributed by atoms with Crippen LogP contribution in [0.5, 0.6) is 0 Å². The van der Waals surface area contributed by atoms with E-state index in [1.54, 1.807) is 0 Å². The van der Waals surface area contributed by atoms with Gasteiger partial charge in [0.15, 0.2) is 0 Å². The monoisotopic (exact) mass is 312 g/mol. The fraction of sp³-hybridized carbons (Fsp3) is 1.00. The number of rotatable bonds is 2. The number of alkyl halides is 4. The van der Waals surface area contributed by atoms with Gasteiger partial charge in [-0.1, -0.05) is 47.8 Å². The second-order valence-electron chi connectivity index (χ2n) is 1.00. The van der Waals surface area contributed by atoms with Crippen LogP contribution in [-0.4, -0.2) is 14.4 Å². The zero-order valence-corrected chi connectivity index (χ0v) is 8.89. The van der Waals surface area contributed by atoms with Crippen molar-refractivity contribution in [3.05, 3.63) is 0 Å². The van der Waals surface area contributed by atoms with Gasteiger partial charge in [0.2, 0.25) is 0 Å². The molecule has 0 heterocycles. The molecule has 4 heteroatoms. The van der Waals surface area contributed by atoms with E-state index in [1.165, 1.54) is 0 Å². The van der Waals surface area contributed by atoms with Gasteiger partial charge in [-0.15, -0.1) is 11.6 Å². The zero-order valence-electron chi connectivity index (χ0n) is 3.37. The molecule has 0 rings (SSSR count). The number of hydrogen-bond donors (Lipinski definition) is 0. The first-order chi connectivity index (χ1) is 3.18. The minimum Gasteiger partial charge on any atom is -0.120 e. The Morgan fingerprint density at radius 2 is 1.86 bits per heavy atom. The van der Waals surface area contributed by atoms with Gasteiger partial charge in [-0.25, -0.2) is 0 Å². The van der Waals surface area contributed by atoms with E-state index in [0.717, 1.165) is 5.33 Å². The van der Waals surface area contributed by atoms with Gasteiger partial charge in [0.25, 0.3) is 0 Å². The third kappa shape index (κ3) is 4.25. The molecule has 0 radical (unpaired) electrons. The summed E-state index contributed by atoms with van der Waals surface area (Å²) in [4.78, 5) is 0. The van der Waals surface area contributed by atoms with Crippen molar-refractivity contribution in [2.45, 2.75) is 9.11 Å². The smallest absolute Gasteiger partial charge is 0.0869 e. The van der Waals surface area contributed by atoms with E-state index >= 15 is 0 Å². The van der Waals surface area contributed by atoms with Crippen LogP contribution in [-0.2, 0) is 0 Å². The van der Waals surface area contributed by atoms with Crippen LogP contribution < -0.4 is 0 Å². The highest BCUT2D eigenvalue weighted by Gasteiger charge is 2.08. The van der Waals surface area contributed by atoms with E-state index in [-0.39, 0.29) is 9.11 Å². The average Bonchev–Trinajstić information content (AvgIpc) is 1.65. The van der Waals surface area contributed by atoms with Crippen molar-refractivity contribution in [1.29, 1.82) is 0 Å². The Balaban J connectivity index is 3.14. The lowest BCUT2D eigenvalue weighted by Gasteiger charge is -2.03. The Bertz CT molecular complexity index is 47.4. The normalized spacial score (nSPS) is 15.0. The molecule has 0 saturated carbocycles. The Morgan fingerprint density at radius 3 is 1.86 bits per heavy atom. The lowest BCUT2D eigenvalue weighted by Crippen LogP contribution is -2.07. The SMILES string of the molecule is ClC(CBr)C(Br)Br. The molecule has 0 aliphatic rings. The predicted molar refractivity (Wildman–Crippen MR) is 45.1 cm³/mol. The molecule has 0 saturated heterocycles. The molecular formula is C3H4Br3Cl. The molecule has 0 nitrogen and oxygen atoms in total. The van der Waals surface area contributed by atoms with Gasteiger partial charge < -0.3 is 0 Å². The first-order valence-electron chi connectivity index (χ1n) is 1.66. The maximum Gasteiger partial charge on any atom is 0.0869 e. The number of hydrogen-bond acceptors (Lipinski definition) is 0. The van der Waals surface area contributed by atoms with E-state index < -0.39 is 0 Å². The molecular weight excluding hydrogens is 311 g/mol. The van der Waals surface area contributed by atoms with Crippen LogP contribution in [0, 0.1) is 0 Å². The Kier molecular flexibility index (Phi) is 5.73. The minimum absolute atomic E-state index is 0.125. The van der Waals surface area contributed by atoms with Gasteiger partial charge in [0.1, 0.15) is 0 Å². The molecule has 0 aromatic rings. The van der Waals surface area contributed by atoms with Crippen LogP contribution in [0.25, 0.3) is 0 Å². The van der Waals surface area contributed by atoms with E-state index in [9.17, 15) is 0 Å². The summed E-state index contributed by atoms with van der Waals surface area (Å²) in [7, 11) is 0. The van der Waals surface area contributed by atoms with E-state index in [2.05, 4.69) is 47.8 Å². The first-order valence-corrected chi connectivity index (χ1v) is 5.05. The first kappa shape index (κ1) is 8.73. The minimum atomic E-state index is 0.125. The number of halogens is 4. The van der Waals surface area contributed by atoms with Crippen LogP contribution in [0.2, 0.25) is 0 Å². The van der Waals surface area contributed by atoms with Crippen LogP contribution in [0.1, 0.15) is 0 Å². The highest BCUT2D eigenvalue weighted by atomic mass is 79.9. The van der Waals surface area contributed by atoms with Crippen LogP contribution in [0.3, 0.4) is 0 Å². The molecule has 1 unspecified atom stereocenters. The van der Waals surface area contributed by atoms with Crippen LogP contribution in [0.15, 0.2) is 0 Å². The van der Waals surface area contributed by atoms with Gasteiger partial charge in [-0.3, -0.25) is 0 Å². The molecule has 0 fully saturated rings. The van der Waals surface area contributed by atoms with E-state index in [1.807, 2.05) is 0 Å². The molecule has 0 aromatic carbocycles. The third-order valence-corrected chi connectivity index (χ3v) is 3.78. The molecule has 0 aliphatic carbocycles. The maximum absolute atomic E-state index is 5.66. The van der Waals surface area contributed by atoms with Gasteiger partial charge in [-0.2, -0.15) is 0 Å². The van der Waals surface area contributed by atoms with Crippen LogP contribution in [0.4, 0.5) is 0 Å². The standard InChI is InChI=1S/C3H4Br3Cl/c4-1-2(7)3(5)6/h2-3H,1H2. The summed E-state index contributed by atoms with van der Waals surface area (Å²) in [5.41, 5.74) is 0. The molecule has 0 aliphatic heterocycles. The fourth-order valence-electron chi connectivity index (χ4n) is 0.0673. The summed E-state index contributed by atoms with van der Waals surface area (Å²) < 4.78 is 0.209. The predicted octanol–water partition coefficient (Wildman–Crippen LogP) is 3.10. The quantitative estimate of drug-likeness (QED) is 0.687. The Morgan fingerprint density at radius 1 is 1.43 bits per heavy atom. The van der Waals surface area contributed by atoms with Gasteiger partial charge in [0.05, 0.1) is 9.11 Å². The van der Waals surface area contributed by atoms with E-state index in [4.69, 9.17) is 11.6 Å². The van der Waals surface area contributed by atoms with Crippen molar-refractivity contribution in [2.75, 3.05) is 5.33 Å². The van der Waals surface area contributed by atoms with E-state index in [0.29, 0.717) is 0 Å². The summed E-state index contributed by atoms with van der Waals surface area (Å²) in [6.45, 7) is 0. The summed E-state index contributed by atoms with van der Waals surface area (Å²) >= 11 is 15.4. The lowest BCUT2D eigenvalue weighted by molar-refractivity contribution is 1.12. The van der Waals surface area contributed by atoms with Crippen molar-refractivity contribution in [3.63, 3.8) is 0 Å². The molecule has 1 atom stereocenters. The summed E-state index contributed by atoms with van der Waals surface area (Å²) in [5, 5.41) is 0.926. The molecule has 0 N–H and O–H groups in total. The second kappa shape index (κ2) is 4.59. The molecule has 0 bridgehead atoms. The second-order valence-corrected chi connectivity index (χ2v) is 5.41. The average molecular weight is 315 g/mol. The molecule has 0 amide bonds. The highest BCUT2D eigenvalue weighted by Crippen LogP contribution is 2.19. The zero-order chi connectivity index (χ0) is 5.86. The summed E-state index contributed by atoms with van der Waals surface area (Å²) in [5.74, 6) is 0. The van der Waals surface area contributed by atoms with Crippen LogP contribution >= 0.6 is 59.4 Å². The lowest BCUT2D eigenvalue weighted by atomic mass is 10.6. The Hall–Kier alpha value is 1.73. The molecule has 44 valence electrons. The molecule has 0 spiro atoms. The van der Waals surface area contributed by atoms with Crippen molar-refractivity contribution in [3.8, 4) is 0 Å². The van der Waals surface area contributed by atoms with Gasteiger partial charge in [-0.05, 0) is 0 Å². The maximum atomic E-state index is 5.66. The summed E-state index contributed by atoms with van der Waals surface area (Å²) in [6.07, 6.45) is 0. The largest absolute Gasteiger partial charge is 0.120 e. The van der Waals surface area contributed by atoms with Crippen molar-refractivity contribution in [1.82, 2.24) is 0 Å². The topological polar surface area (TPSA) is 0 Å². The molecule has 0 aromatic heterocycles.